The molecule has 1 aliphatic rings. The number of nitrogens with zero attached hydrogens (tertiary/aromatic N) is 1. The molecule has 2 nitrogen and oxygen atoms in total. The first-order valence-corrected chi connectivity index (χ1v) is 7.25. The van der Waals surface area contributed by atoms with Crippen molar-refractivity contribution < 1.29 is 0 Å². The minimum absolute atomic E-state index is 1.19. The predicted octanol–water partition coefficient (Wildman–Crippen LogP) is 1.81. The Bertz CT molecular complexity index is 122. The molecule has 0 amide bonds. The highest BCUT2D eigenvalue weighted by Crippen LogP contribution is 2.04. The first-order chi connectivity index (χ1) is 6.93. The van der Waals surface area contributed by atoms with Crippen LogP contribution in [0.2, 0.25) is 0 Å². The van der Waals surface area contributed by atoms with Crippen molar-refractivity contribution in [1.82, 2.24) is 10.2 Å². The smallest absolute Gasteiger partial charge is 0.0107 e. The van der Waals surface area contributed by atoms with Gasteiger partial charge < -0.3 is 10.2 Å². The number of nitrogens with one attached hydrogen (secondary N) is 1. The van der Waals surface area contributed by atoms with Gasteiger partial charge in [0.2, 0.25) is 0 Å². The summed E-state index contributed by atoms with van der Waals surface area (Å²) in [5.41, 5.74) is 0. The zero-order valence-electron chi connectivity index (χ0n) is 9.43. The molecule has 1 heterocycles. The molecular weight excluding hydrogens is 192 g/mol. The molecule has 0 aromatic rings. The molecule has 3 heteroatoms. The average molecular weight is 216 g/mol. The number of hydrogen-bond acceptors (Lipinski definition) is 3. The molecule has 1 saturated heterocycles. The first-order valence-electron chi connectivity index (χ1n) is 5.85. The third-order valence-corrected chi connectivity index (χ3v) is 3.45. The number of thioether (sulfide) groups is 1. The van der Waals surface area contributed by atoms with Crippen LogP contribution in [0.1, 0.15) is 25.7 Å². The molecular formula is C11H24N2S. The molecule has 1 rings (SSSR count). The maximum Gasteiger partial charge on any atom is 0.0107 e. The number of rotatable bonds is 6. The maximum absolute atomic E-state index is 3.44. The van der Waals surface area contributed by atoms with E-state index in [1.165, 1.54) is 64.2 Å². The molecule has 0 aromatic heterocycles. The van der Waals surface area contributed by atoms with Crippen LogP contribution in [0.3, 0.4) is 0 Å². The van der Waals surface area contributed by atoms with Crippen molar-refractivity contribution in [3.63, 3.8) is 0 Å². The normalized spacial score (nSPS) is 19.5. The van der Waals surface area contributed by atoms with Gasteiger partial charge in [-0.1, -0.05) is 6.42 Å². The summed E-state index contributed by atoms with van der Waals surface area (Å²) in [6.07, 6.45) is 7.71. The molecule has 1 fully saturated rings. The quantitative estimate of drug-likeness (QED) is 0.682. The van der Waals surface area contributed by atoms with Gasteiger partial charge in [0.25, 0.3) is 0 Å². The van der Waals surface area contributed by atoms with Gasteiger partial charge >= 0.3 is 0 Å². The van der Waals surface area contributed by atoms with E-state index in [9.17, 15) is 0 Å². The van der Waals surface area contributed by atoms with Crippen molar-refractivity contribution in [3.8, 4) is 0 Å². The predicted molar refractivity (Wildman–Crippen MR) is 66.2 cm³/mol. The van der Waals surface area contributed by atoms with Crippen LogP contribution in [-0.4, -0.2) is 49.6 Å². The van der Waals surface area contributed by atoms with E-state index >= 15 is 0 Å². The highest BCUT2D eigenvalue weighted by atomic mass is 32.2. The fourth-order valence-electron chi connectivity index (χ4n) is 1.88. The minimum Gasteiger partial charge on any atom is -0.315 e. The van der Waals surface area contributed by atoms with Gasteiger partial charge in [-0.25, -0.2) is 0 Å². The Balaban J connectivity index is 1.93. The Morgan fingerprint density at radius 3 is 2.93 bits per heavy atom. The Hall–Kier alpha value is 0.270. The zero-order valence-corrected chi connectivity index (χ0v) is 10.2. The van der Waals surface area contributed by atoms with Crippen LogP contribution in [0.25, 0.3) is 0 Å². The highest BCUT2D eigenvalue weighted by molar-refractivity contribution is 7.98. The van der Waals surface area contributed by atoms with Gasteiger partial charge in [-0.3, -0.25) is 0 Å². The largest absolute Gasteiger partial charge is 0.315 e. The van der Waals surface area contributed by atoms with Gasteiger partial charge in [-0.2, -0.15) is 11.8 Å². The zero-order chi connectivity index (χ0) is 10.1. The van der Waals surface area contributed by atoms with Crippen LogP contribution < -0.4 is 5.32 Å². The summed E-state index contributed by atoms with van der Waals surface area (Å²) in [5, 5.41) is 3.44. The Kier molecular flexibility index (Phi) is 7.55. The summed E-state index contributed by atoms with van der Waals surface area (Å²) in [4.78, 5) is 2.61. The second-order valence-electron chi connectivity index (χ2n) is 4.00. The third-order valence-electron chi connectivity index (χ3n) is 2.76. The molecule has 14 heavy (non-hydrogen) atoms. The summed E-state index contributed by atoms with van der Waals surface area (Å²) in [7, 11) is 0. The van der Waals surface area contributed by atoms with Crippen molar-refractivity contribution in [2.45, 2.75) is 25.7 Å². The minimum atomic E-state index is 1.19. The van der Waals surface area contributed by atoms with Crippen molar-refractivity contribution in [1.29, 1.82) is 0 Å². The molecule has 84 valence electrons. The molecule has 1 N–H and O–H groups in total. The van der Waals surface area contributed by atoms with Crippen LogP contribution >= 0.6 is 11.8 Å². The van der Waals surface area contributed by atoms with Crippen LogP contribution in [0.15, 0.2) is 0 Å². The lowest BCUT2D eigenvalue weighted by molar-refractivity contribution is 0.286. The van der Waals surface area contributed by atoms with Gasteiger partial charge in [-0.05, 0) is 50.9 Å². The fourth-order valence-corrected chi connectivity index (χ4v) is 2.38. The van der Waals surface area contributed by atoms with E-state index in [1.54, 1.807) is 0 Å². The maximum atomic E-state index is 3.44. The lowest BCUT2D eigenvalue weighted by Gasteiger charge is -2.18. The molecule has 0 atom stereocenters. The van der Waals surface area contributed by atoms with E-state index in [0.717, 1.165) is 0 Å². The van der Waals surface area contributed by atoms with Crippen LogP contribution in [0.5, 0.6) is 0 Å². The van der Waals surface area contributed by atoms with E-state index < -0.39 is 0 Å². The molecule has 0 aliphatic carbocycles. The van der Waals surface area contributed by atoms with Crippen LogP contribution in [0.4, 0.5) is 0 Å². The number of unbranched alkanes of at least 4 members (excludes halogenated alkanes) is 2. The van der Waals surface area contributed by atoms with Gasteiger partial charge in [0, 0.05) is 13.1 Å². The summed E-state index contributed by atoms with van der Waals surface area (Å²) in [6.45, 7) is 6.27. The Morgan fingerprint density at radius 1 is 1.14 bits per heavy atom. The van der Waals surface area contributed by atoms with Gasteiger partial charge in [0.1, 0.15) is 0 Å². The Labute approximate surface area is 92.8 Å². The van der Waals surface area contributed by atoms with Crippen molar-refractivity contribution in [2.24, 2.45) is 0 Å². The van der Waals surface area contributed by atoms with E-state index in [4.69, 9.17) is 0 Å². The molecule has 0 bridgehead atoms. The molecule has 0 radical (unpaired) electrons. The van der Waals surface area contributed by atoms with Crippen molar-refractivity contribution in [2.75, 3.05) is 44.7 Å². The highest BCUT2D eigenvalue weighted by Gasteiger charge is 2.06. The van der Waals surface area contributed by atoms with Crippen molar-refractivity contribution >= 4 is 11.8 Å². The van der Waals surface area contributed by atoms with Gasteiger partial charge in [-0.15, -0.1) is 0 Å². The third kappa shape index (κ3) is 5.89. The Morgan fingerprint density at radius 2 is 2.07 bits per heavy atom. The van der Waals surface area contributed by atoms with Crippen LogP contribution in [0, 0.1) is 0 Å². The topological polar surface area (TPSA) is 15.3 Å². The lowest BCUT2D eigenvalue weighted by Crippen LogP contribution is -2.29. The summed E-state index contributed by atoms with van der Waals surface area (Å²) in [6, 6.07) is 0. The van der Waals surface area contributed by atoms with Gasteiger partial charge in [0.15, 0.2) is 0 Å². The van der Waals surface area contributed by atoms with E-state index in [-0.39, 0.29) is 0 Å². The van der Waals surface area contributed by atoms with Crippen molar-refractivity contribution in [3.05, 3.63) is 0 Å². The molecule has 0 saturated carbocycles. The monoisotopic (exact) mass is 216 g/mol. The summed E-state index contributed by atoms with van der Waals surface area (Å²) >= 11 is 1.97. The standard InChI is InChI=1S/C11H24N2S/c1-14-11-4-2-3-8-13-9-5-6-12-7-10-13/h12H,2-11H2,1H3. The second-order valence-corrected chi connectivity index (χ2v) is 4.98. The SMILES string of the molecule is CSCCCCCN1CCCNCC1. The van der Waals surface area contributed by atoms with E-state index in [0.29, 0.717) is 0 Å². The van der Waals surface area contributed by atoms with E-state index in [2.05, 4.69) is 16.5 Å². The number of hydrogen-bond donors (Lipinski definition) is 1. The molecule has 0 aromatic carbocycles. The van der Waals surface area contributed by atoms with E-state index in [1.807, 2.05) is 11.8 Å². The summed E-state index contributed by atoms with van der Waals surface area (Å²) in [5.74, 6) is 1.33. The fraction of sp³-hybridized carbons (Fsp3) is 1.00. The molecule has 0 unspecified atom stereocenters. The second kappa shape index (κ2) is 8.57. The average Bonchev–Trinajstić information content (AvgIpc) is 2.46. The van der Waals surface area contributed by atoms with Gasteiger partial charge in [0.05, 0.1) is 0 Å². The molecule has 0 spiro atoms. The summed E-state index contributed by atoms with van der Waals surface area (Å²) < 4.78 is 0. The lowest BCUT2D eigenvalue weighted by atomic mass is 10.2. The van der Waals surface area contributed by atoms with Crippen LogP contribution in [-0.2, 0) is 0 Å². The molecule has 1 aliphatic heterocycles. The first kappa shape index (κ1) is 12.3.